The normalized spacial score (nSPS) is 14.5. The number of carbonyl (C=O) groups excluding carboxylic acids is 1. The van der Waals surface area contributed by atoms with Crippen LogP contribution in [0.5, 0.6) is 0 Å². The van der Waals surface area contributed by atoms with E-state index in [0.717, 1.165) is 28.8 Å². The van der Waals surface area contributed by atoms with Crippen LogP contribution in [0.2, 0.25) is 0 Å². The maximum absolute atomic E-state index is 13.5. The molecule has 0 saturated carbocycles. The van der Waals surface area contributed by atoms with Crippen LogP contribution < -0.4 is 4.90 Å². The van der Waals surface area contributed by atoms with Gasteiger partial charge in [0.1, 0.15) is 23.8 Å². The van der Waals surface area contributed by atoms with E-state index >= 15 is 0 Å². The van der Waals surface area contributed by atoms with Crippen LogP contribution in [0.25, 0.3) is 11.4 Å². The highest BCUT2D eigenvalue weighted by Gasteiger charge is 2.29. The van der Waals surface area contributed by atoms with Crippen molar-refractivity contribution in [3.63, 3.8) is 0 Å². The lowest BCUT2D eigenvalue weighted by Gasteiger charge is -2.34. The van der Waals surface area contributed by atoms with E-state index in [1.807, 2.05) is 33.2 Å². The molecule has 1 aromatic carbocycles. The molecule has 1 fully saturated rings. The largest absolute Gasteiger partial charge is 0.356 e. The van der Waals surface area contributed by atoms with Crippen LogP contribution in [-0.4, -0.2) is 50.2 Å². The van der Waals surface area contributed by atoms with E-state index < -0.39 is 11.6 Å². The first-order valence-corrected chi connectivity index (χ1v) is 11.2. The van der Waals surface area contributed by atoms with Gasteiger partial charge < -0.3 is 9.80 Å². The van der Waals surface area contributed by atoms with E-state index in [-0.39, 0.29) is 18.4 Å². The molecule has 2 aromatic heterocycles. The second kappa shape index (κ2) is 9.64. The fraction of sp³-hybridized carbons (Fsp3) is 0.417. The summed E-state index contributed by atoms with van der Waals surface area (Å²) < 4.78 is 28.9. The number of nitrogens with zero attached hydrogens (tertiary/aromatic N) is 6. The highest BCUT2D eigenvalue weighted by Crippen LogP contribution is 2.27. The zero-order valence-electron chi connectivity index (χ0n) is 19.1. The van der Waals surface area contributed by atoms with Gasteiger partial charge in [-0.3, -0.25) is 9.48 Å². The Bertz CT molecular complexity index is 1100. The van der Waals surface area contributed by atoms with Gasteiger partial charge in [-0.25, -0.2) is 18.7 Å². The van der Waals surface area contributed by atoms with E-state index in [2.05, 4.69) is 20.0 Å². The van der Waals surface area contributed by atoms with Crippen LogP contribution >= 0.6 is 0 Å². The smallest absolute Gasteiger partial charge is 0.226 e. The van der Waals surface area contributed by atoms with Gasteiger partial charge in [0.05, 0.1) is 17.6 Å². The summed E-state index contributed by atoms with van der Waals surface area (Å²) in [4.78, 5) is 25.8. The monoisotopic (exact) mass is 454 g/mol. The number of hydrogen-bond donors (Lipinski definition) is 0. The summed E-state index contributed by atoms with van der Waals surface area (Å²) in [6.07, 6.45) is 4.76. The Hall–Kier alpha value is -3.36. The number of aryl methyl sites for hydroxylation is 2. The first-order valence-electron chi connectivity index (χ1n) is 11.2. The van der Waals surface area contributed by atoms with E-state index in [1.165, 1.54) is 12.1 Å². The summed E-state index contributed by atoms with van der Waals surface area (Å²) in [5.74, 6) is -0.537. The Morgan fingerprint density at radius 1 is 1.12 bits per heavy atom. The quantitative estimate of drug-likeness (QED) is 0.568. The average molecular weight is 455 g/mol. The Balaban J connectivity index is 1.41. The highest BCUT2D eigenvalue weighted by molar-refractivity contribution is 5.79. The van der Waals surface area contributed by atoms with Crippen LogP contribution in [0.4, 0.5) is 14.6 Å². The average Bonchev–Trinajstić information content (AvgIpc) is 3.14. The maximum atomic E-state index is 13.5. The van der Waals surface area contributed by atoms with E-state index in [0.29, 0.717) is 38.0 Å². The van der Waals surface area contributed by atoms with Gasteiger partial charge in [-0.15, -0.1) is 0 Å². The molecule has 1 saturated heterocycles. The molecule has 174 valence electrons. The molecule has 3 aromatic rings. The van der Waals surface area contributed by atoms with Gasteiger partial charge in [0.15, 0.2) is 0 Å². The minimum absolute atomic E-state index is 0.0238. The van der Waals surface area contributed by atoms with Crippen LogP contribution in [0, 0.1) is 24.5 Å². The van der Waals surface area contributed by atoms with Gasteiger partial charge in [-0.1, -0.05) is 0 Å². The zero-order chi connectivity index (χ0) is 23.5. The second-order valence-electron chi connectivity index (χ2n) is 8.45. The van der Waals surface area contributed by atoms with Gasteiger partial charge in [0, 0.05) is 51.3 Å². The molecular formula is C24H28F2N6O. The second-order valence-corrected chi connectivity index (χ2v) is 8.45. The minimum atomic E-state index is -0.632. The van der Waals surface area contributed by atoms with Gasteiger partial charge in [0.25, 0.3) is 0 Å². The first kappa shape index (κ1) is 22.8. The van der Waals surface area contributed by atoms with Crippen LogP contribution in [0.15, 0.2) is 36.8 Å². The summed E-state index contributed by atoms with van der Waals surface area (Å²) in [5.41, 5.74) is 3.27. The Morgan fingerprint density at radius 3 is 2.42 bits per heavy atom. The number of carbonyl (C=O) groups is 1. The van der Waals surface area contributed by atoms with Crippen molar-refractivity contribution >= 4 is 11.7 Å². The molecule has 0 bridgehead atoms. The lowest BCUT2D eigenvalue weighted by atomic mass is 9.95. The molecule has 0 aliphatic carbocycles. The number of piperidine rings is 1. The van der Waals surface area contributed by atoms with Crippen molar-refractivity contribution in [2.45, 2.75) is 33.2 Å². The fourth-order valence-electron chi connectivity index (χ4n) is 4.45. The molecule has 3 heterocycles. The van der Waals surface area contributed by atoms with Crippen molar-refractivity contribution in [3.05, 3.63) is 59.6 Å². The number of aromatic nitrogens is 4. The van der Waals surface area contributed by atoms with E-state index in [4.69, 9.17) is 0 Å². The molecule has 0 spiro atoms. The summed E-state index contributed by atoms with van der Waals surface area (Å²) >= 11 is 0. The fourth-order valence-corrected chi connectivity index (χ4v) is 4.45. The van der Waals surface area contributed by atoms with Crippen molar-refractivity contribution in [2.24, 2.45) is 13.0 Å². The maximum Gasteiger partial charge on any atom is 0.226 e. The third kappa shape index (κ3) is 5.02. The molecule has 1 aliphatic heterocycles. The number of benzene rings is 1. The summed E-state index contributed by atoms with van der Waals surface area (Å²) in [7, 11) is 1.89. The number of halogens is 2. The number of hydrogen-bond acceptors (Lipinski definition) is 5. The molecule has 9 heteroatoms. The lowest BCUT2D eigenvalue weighted by molar-refractivity contribution is -0.136. The molecule has 1 amide bonds. The van der Waals surface area contributed by atoms with Gasteiger partial charge in [0.2, 0.25) is 5.91 Å². The Labute approximate surface area is 192 Å². The van der Waals surface area contributed by atoms with E-state index in [9.17, 15) is 13.6 Å². The molecule has 0 atom stereocenters. The van der Waals surface area contributed by atoms with Crippen LogP contribution in [0.1, 0.15) is 30.9 Å². The summed E-state index contributed by atoms with van der Waals surface area (Å²) in [5, 5.41) is 4.29. The molecule has 4 rings (SSSR count). The van der Waals surface area contributed by atoms with E-state index in [1.54, 1.807) is 15.9 Å². The van der Waals surface area contributed by atoms with Crippen molar-refractivity contribution in [3.8, 4) is 11.4 Å². The molecule has 0 unspecified atom stereocenters. The minimum Gasteiger partial charge on any atom is -0.356 e. The summed E-state index contributed by atoms with van der Waals surface area (Å²) in [6.45, 7) is 5.96. The van der Waals surface area contributed by atoms with Gasteiger partial charge >= 0.3 is 0 Å². The molecule has 33 heavy (non-hydrogen) atoms. The van der Waals surface area contributed by atoms with Crippen molar-refractivity contribution in [2.75, 3.05) is 24.5 Å². The number of rotatable bonds is 6. The standard InChI is InChI=1S/C24H28F2N6O/c1-4-31(14-17-9-19(25)11-20(26)10-17)24(33)18-5-7-32(8-6-18)22-12-21(27-15-28-22)23-16(2)13-29-30(23)3/h9-13,15,18H,4-8,14H2,1-3H3. The molecule has 7 nitrogen and oxygen atoms in total. The van der Waals surface area contributed by atoms with Gasteiger partial charge in [-0.05, 0) is 49.9 Å². The predicted octanol–water partition coefficient (Wildman–Crippen LogP) is 3.73. The molecule has 1 aliphatic rings. The van der Waals surface area contributed by atoms with Gasteiger partial charge in [-0.2, -0.15) is 5.10 Å². The van der Waals surface area contributed by atoms with Crippen molar-refractivity contribution < 1.29 is 13.6 Å². The molecular weight excluding hydrogens is 426 g/mol. The Kier molecular flexibility index (Phi) is 6.67. The van der Waals surface area contributed by atoms with Crippen LogP contribution in [-0.2, 0) is 18.4 Å². The Morgan fingerprint density at radius 2 is 1.82 bits per heavy atom. The van der Waals surface area contributed by atoms with Crippen molar-refractivity contribution in [1.82, 2.24) is 24.6 Å². The van der Waals surface area contributed by atoms with Crippen molar-refractivity contribution in [1.29, 1.82) is 0 Å². The molecule has 0 radical (unpaired) electrons. The number of amides is 1. The number of anilines is 1. The topological polar surface area (TPSA) is 67.2 Å². The molecule has 0 N–H and O–H groups in total. The predicted molar refractivity (Wildman–Crippen MR) is 121 cm³/mol. The summed E-state index contributed by atoms with van der Waals surface area (Å²) in [6, 6.07) is 5.35. The third-order valence-electron chi connectivity index (χ3n) is 6.17. The first-order chi connectivity index (χ1) is 15.9. The SMILES string of the molecule is CCN(Cc1cc(F)cc(F)c1)C(=O)C1CCN(c2cc(-c3c(C)cnn3C)ncn2)CC1. The zero-order valence-corrected chi connectivity index (χ0v) is 19.1. The van der Waals surface area contributed by atoms with Crippen LogP contribution in [0.3, 0.4) is 0 Å². The third-order valence-corrected chi connectivity index (χ3v) is 6.17. The lowest BCUT2D eigenvalue weighted by Crippen LogP contribution is -2.42. The highest BCUT2D eigenvalue weighted by atomic mass is 19.1.